The molecule has 2 aromatic rings. The molecule has 2 rings (SSSR count). The first kappa shape index (κ1) is 21.4. The van der Waals surface area contributed by atoms with Crippen molar-refractivity contribution in [3.63, 3.8) is 0 Å². The van der Waals surface area contributed by atoms with Gasteiger partial charge in [0.15, 0.2) is 0 Å². The van der Waals surface area contributed by atoms with Crippen LogP contribution in [0.15, 0.2) is 52.5 Å². The molecule has 0 aliphatic rings. The number of hydrogen-bond acceptors (Lipinski definition) is 6. The largest absolute Gasteiger partial charge is 0.507 e. The molecule has 2 N–H and O–H groups in total. The van der Waals surface area contributed by atoms with E-state index in [1.165, 1.54) is 50.6 Å². The number of nitrogens with zero attached hydrogens (tertiary/aromatic N) is 2. The third-order valence-corrected chi connectivity index (χ3v) is 5.53. The Bertz CT molecular complexity index is 971. The van der Waals surface area contributed by atoms with E-state index in [4.69, 9.17) is 4.74 Å². The molecule has 2 aromatic carbocycles. The number of hydrogen-bond donors (Lipinski definition) is 2. The van der Waals surface area contributed by atoms with Gasteiger partial charge in [0, 0.05) is 31.3 Å². The van der Waals surface area contributed by atoms with Gasteiger partial charge in [-0.2, -0.15) is 5.10 Å². The van der Waals surface area contributed by atoms with Crippen LogP contribution in [-0.4, -0.2) is 50.7 Å². The van der Waals surface area contributed by atoms with Crippen LogP contribution < -0.4 is 10.2 Å². The molecule has 0 atom stereocenters. The number of rotatable bonds is 8. The Kier molecular flexibility index (Phi) is 7.13. The van der Waals surface area contributed by atoms with E-state index in [-0.39, 0.29) is 16.2 Å². The highest BCUT2D eigenvalue weighted by Crippen LogP contribution is 2.22. The van der Waals surface area contributed by atoms with Gasteiger partial charge in [-0.1, -0.05) is 13.0 Å². The molecule has 1 amide bonds. The molecule has 0 unspecified atom stereocenters. The molecule has 0 radical (unpaired) electrons. The van der Waals surface area contributed by atoms with Crippen LogP contribution >= 0.6 is 0 Å². The quantitative estimate of drug-likeness (QED) is 0.517. The highest BCUT2D eigenvalue weighted by atomic mass is 32.2. The maximum Gasteiger partial charge on any atom is 0.271 e. The highest BCUT2D eigenvalue weighted by molar-refractivity contribution is 7.89. The smallest absolute Gasteiger partial charge is 0.271 e. The summed E-state index contributed by atoms with van der Waals surface area (Å²) < 4.78 is 30.8. The van der Waals surface area contributed by atoms with Crippen LogP contribution in [0.4, 0.5) is 0 Å². The van der Waals surface area contributed by atoms with Gasteiger partial charge < -0.3 is 9.84 Å². The second-order valence-corrected chi connectivity index (χ2v) is 8.24. The van der Waals surface area contributed by atoms with E-state index in [9.17, 15) is 18.3 Å². The minimum atomic E-state index is -3.64. The van der Waals surface area contributed by atoms with Gasteiger partial charge in [0.2, 0.25) is 10.0 Å². The standard InChI is InChI=1S/C19H23N3O5S/c1-4-10-27-16-9-8-15(18(23)12-16)13-20-21-19(24)14-6-5-7-17(11-14)28(25,26)22(2)3/h5-9,11-13,23H,4,10H2,1-3H3,(H,21,24)/b20-13+. The lowest BCUT2D eigenvalue weighted by Gasteiger charge is -2.11. The predicted octanol–water partition coefficient (Wildman–Crippen LogP) is 2.20. The summed E-state index contributed by atoms with van der Waals surface area (Å²) in [4.78, 5) is 12.2. The van der Waals surface area contributed by atoms with Crippen molar-refractivity contribution in [3.8, 4) is 11.5 Å². The number of sulfonamides is 1. The summed E-state index contributed by atoms with van der Waals surface area (Å²) in [5, 5.41) is 13.8. The summed E-state index contributed by atoms with van der Waals surface area (Å²) in [6, 6.07) is 10.4. The third-order valence-electron chi connectivity index (χ3n) is 3.72. The third kappa shape index (κ3) is 5.30. The molecular formula is C19H23N3O5S. The summed E-state index contributed by atoms with van der Waals surface area (Å²) in [5.74, 6) is -0.0698. The number of carbonyl (C=O) groups excluding carboxylic acids is 1. The van der Waals surface area contributed by atoms with E-state index in [0.717, 1.165) is 10.7 Å². The molecule has 0 spiro atoms. The Morgan fingerprint density at radius 3 is 2.64 bits per heavy atom. The first-order valence-corrected chi connectivity index (χ1v) is 10.0. The van der Waals surface area contributed by atoms with Crippen LogP contribution in [0.1, 0.15) is 29.3 Å². The van der Waals surface area contributed by atoms with E-state index in [1.807, 2.05) is 6.92 Å². The van der Waals surface area contributed by atoms with E-state index < -0.39 is 15.9 Å². The lowest BCUT2D eigenvalue weighted by Crippen LogP contribution is -2.23. The minimum Gasteiger partial charge on any atom is -0.507 e. The van der Waals surface area contributed by atoms with Crippen LogP contribution in [0.3, 0.4) is 0 Å². The molecule has 0 aliphatic heterocycles. The zero-order chi connectivity index (χ0) is 20.7. The fourth-order valence-electron chi connectivity index (χ4n) is 2.18. The van der Waals surface area contributed by atoms with Gasteiger partial charge in [-0.3, -0.25) is 4.79 Å². The average Bonchev–Trinajstić information content (AvgIpc) is 2.67. The Morgan fingerprint density at radius 1 is 1.25 bits per heavy atom. The van der Waals surface area contributed by atoms with Gasteiger partial charge in [-0.15, -0.1) is 0 Å². The van der Waals surface area contributed by atoms with Crippen molar-refractivity contribution in [3.05, 3.63) is 53.6 Å². The normalized spacial score (nSPS) is 11.7. The van der Waals surface area contributed by atoms with Crippen molar-refractivity contribution >= 4 is 22.1 Å². The van der Waals surface area contributed by atoms with Crippen LogP contribution in [0.5, 0.6) is 11.5 Å². The van der Waals surface area contributed by atoms with Crippen LogP contribution in [-0.2, 0) is 10.0 Å². The zero-order valence-electron chi connectivity index (χ0n) is 15.9. The lowest BCUT2D eigenvalue weighted by atomic mass is 10.2. The maximum atomic E-state index is 12.2. The first-order valence-electron chi connectivity index (χ1n) is 8.57. The van der Waals surface area contributed by atoms with Crippen molar-refractivity contribution in [1.29, 1.82) is 0 Å². The Balaban J connectivity index is 2.08. The molecule has 9 heteroatoms. The van der Waals surface area contributed by atoms with Crippen LogP contribution in [0.25, 0.3) is 0 Å². The van der Waals surface area contributed by atoms with Gasteiger partial charge >= 0.3 is 0 Å². The van der Waals surface area contributed by atoms with Crippen molar-refractivity contribution in [2.75, 3.05) is 20.7 Å². The fourth-order valence-corrected chi connectivity index (χ4v) is 3.12. The number of benzene rings is 2. The lowest BCUT2D eigenvalue weighted by molar-refractivity contribution is 0.0955. The zero-order valence-corrected chi connectivity index (χ0v) is 16.7. The minimum absolute atomic E-state index is 0.00874. The predicted molar refractivity (Wildman–Crippen MR) is 106 cm³/mol. The van der Waals surface area contributed by atoms with Crippen LogP contribution in [0, 0.1) is 0 Å². The van der Waals surface area contributed by atoms with Gasteiger partial charge in [0.05, 0.1) is 17.7 Å². The Morgan fingerprint density at radius 2 is 2.00 bits per heavy atom. The number of aromatic hydroxyl groups is 1. The second-order valence-electron chi connectivity index (χ2n) is 6.08. The van der Waals surface area contributed by atoms with E-state index in [2.05, 4.69) is 10.5 Å². The monoisotopic (exact) mass is 405 g/mol. The van der Waals surface area contributed by atoms with Gasteiger partial charge in [0.1, 0.15) is 11.5 Å². The number of amides is 1. The van der Waals surface area contributed by atoms with Gasteiger partial charge in [-0.05, 0) is 36.8 Å². The molecule has 0 fully saturated rings. The fraction of sp³-hybridized carbons (Fsp3) is 0.263. The van der Waals surface area contributed by atoms with Crippen molar-refractivity contribution in [2.24, 2.45) is 5.10 Å². The van der Waals surface area contributed by atoms with Gasteiger partial charge in [-0.25, -0.2) is 18.1 Å². The summed E-state index contributed by atoms with van der Waals surface area (Å²) in [7, 11) is -0.815. The number of phenols is 1. The topological polar surface area (TPSA) is 108 Å². The molecule has 8 nitrogen and oxygen atoms in total. The summed E-state index contributed by atoms with van der Waals surface area (Å²) in [5.41, 5.74) is 2.85. The number of hydrazone groups is 1. The average molecular weight is 405 g/mol. The molecule has 150 valence electrons. The number of ether oxygens (including phenoxy) is 1. The molecule has 0 aliphatic carbocycles. The summed E-state index contributed by atoms with van der Waals surface area (Å²) in [6.07, 6.45) is 2.14. The summed E-state index contributed by atoms with van der Waals surface area (Å²) in [6.45, 7) is 2.53. The SMILES string of the molecule is CCCOc1ccc(/C=N/NC(=O)c2cccc(S(=O)(=O)N(C)C)c2)c(O)c1. The van der Waals surface area contributed by atoms with Crippen molar-refractivity contribution in [2.45, 2.75) is 18.2 Å². The number of nitrogens with one attached hydrogen (secondary N) is 1. The van der Waals surface area contributed by atoms with E-state index in [0.29, 0.717) is 17.9 Å². The van der Waals surface area contributed by atoms with Crippen molar-refractivity contribution < 1.29 is 23.1 Å². The van der Waals surface area contributed by atoms with Crippen LogP contribution in [0.2, 0.25) is 0 Å². The first-order chi connectivity index (χ1) is 13.3. The maximum absolute atomic E-state index is 12.2. The number of carbonyl (C=O) groups is 1. The molecule has 0 saturated carbocycles. The van der Waals surface area contributed by atoms with Gasteiger partial charge in [0.25, 0.3) is 5.91 Å². The summed E-state index contributed by atoms with van der Waals surface area (Å²) >= 11 is 0. The molecule has 0 heterocycles. The molecule has 0 aromatic heterocycles. The van der Waals surface area contributed by atoms with E-state index >= 15 is 0 Å². The Labute approximate surface area is 164 Å². The highest BCUT2D eigenvalue weighted by Gasteiger charge is 2.18. The van der Waals surface area contributed by atoms with E-state index in [1.54, 1.807) is 12.1 Å². The van der Waals surface area contributed by atoms with Crippen molar-refractivity contribution in [1.82, 2.24) is 9.73 Å². The molecule has 0 saturated heterocycles. The molecule has 28 heavy (non-hydrogen) atoms. The number of phenolic OH excluding ortho intramolecular Hbond substituents is 1. The second kappa shape index (κ2) is 9.34. The Hall–Kier alpha value is -2.91. The molecular weight excluding hydrogens is 382 g/mol. The molecule has 0 bridgehead atoms.